The lowest BCUT2D eigenvalue weighted by molar-refractivity contribution is 0.101. The van der Waals surface area contributed by atoms with Crippen LogP contribution < -0.4 is 15.6 Å². The van der Waals surface area contributed by atoms with E-state index in [1.54, 1.807) is 26.0 Å². The maximum absolute atomic E-state index is 13.7. The van der Waals surface area contributed by atoms with Crippen molar-refractivity contribution in [1.29, 1.82) is 0 Å². The number of carbonyl (C=O) groups is 1. The average Bonchev–Trinajstić information content (AvgIpc) is 2.62. The first-order chi connectivity index (χ1) is 12.8. The molecule has 1 aromatic carbocycles. The number of para-hydroxylation sites is 1. The highest BCUT2D eigenvalue weighted by molar-refractivity contribution is 6.03. The minimum atomic E-state index is -0.533. The molecule has 0 saturated heterocycles. The summed E-state index contributed by atoms with van der Waals surface area (Å²) in [4.78, 5) is 32.1. The maximum atomic E-state index is 13.7. The van der Waals surface area contributed by atoms with Gasteiger partial charge in [0, 0.05) is 13.1 Å². The number of halogens is 1. The van der Waals surface area contributed by atoms with Crippen molar-refractivity contribution in [3.8, 4) is 11.8 Å². The fourth-order valence-electron chi connectivity index (χ4n) is 2.34. The number of aromatic nitrogens is 4. The summed E-state index contributed by atoms with van der Waals surface area (Å²) in [5.41, 5.74) is 1.01. The zero-order valence-corrected chi connectivity index (χ0v) is 14.9. The zero-order chi connectivity index (χ0) is 19.6. The van der Waals surface area contributed by atoms with Crippen molar-refractivity contribution in [3.05, 3.63) is 69.7 Å². The molecule has 0 saturated carbocycles. The molecule has 0 bridgehead atoms. The predicted octanol–water partition coefficient (Wildman–Crippen LogP) is 2.37. The van der Waals surface area contributed by atoms with Gasteiger partial charge in [-0.3, -0.25) is 9.59 Å². The quantitative estimate of drug-likeness (QED) is 0.758. The molecule has 3 rings (SSSR count). The van der Waals surface area contributed by atoms with Crippen LogP contribution in [0.15, 0.2) is 41.2 Å². The van der Waals surface area contributed by atoms with Crippen LogP contribution in [0.3, 0.4) is 0 Å². The van der Waals surface area contributed by atoms with Crippen LogP contribution in [0.4, 0.5) is 10.1 Å². The Bertz CT molecular complexity index is 1060. The zero-order valence-electron chi connectivity index (χ0n) is 14.9. The van der Waals surface area contributed by atoms with Gasteiger partial charge in [0.2, 0.25) is 0 Å². The number of ether oxygens (including phenoxy) is 1. The van der Waals surface area contributed by atoms with Crippen molar-refractivity contribution >= 4 is 11.6 Å². The molecule has 0 aliphatic rings. The molecule has 1 amide bonds. The first kappa shape index (κ1) is 18.2. The van der Waals surface area contributed by atoms with Crippen molar-refractivity contribution < 1.29 is 13.9 Å². The summed E-state index contributed by atoms with van der Waals surface area (Å²) in [6.07, 6.45) is 0. The lowest BCUT2D eigenvalue weighted by Crippen LogP contribution is -2.24. The van der Waals surface area contributed by atoms with Crippen molar-refractivity contribution in [2.45, 2.75) is 13.8 Å². The molecule has 0 radical (unpaired) electrons. The molecule has 0 spiro atoms. The van der Waals surface area contributed by atoms with E-state index in [2.05, 4.69) is 20.4 Å². The third-order valence-electron chi connectivity index (χ3n) is 3.72. The Hall–Kier alpha value is -3.62. The molecule has 0 unspecified atom stereocenters. The van der Waals surface area contributed by atoms with E-state index in [0.717, 1.165) is 4.68 Å². The van der Waals surface area contributed by atoms with Gasteiger partial charge < -0.3 is 10.1 Å². The van der Waals surface area contributed by atoms with Gasteiger partial charge in [0.25, 0.3) is 11.5 Å². The fourth-order valence-corrected chi connectivity index (χ4v) is 2.34. The molecule has 8 nitrogen and oxygen atoms in total. The summed E-state index contributed by atoms with van der Waals surface area (Å²) in [6, 6.07) is 8.46. The number of hydrogen-bond acceptors (Lipinski definition) is 6. The third-order valence-corrected chi connectivity index (χ3v) is 3.72. The molecule has 9 heteroatoms. The smallest absolute Gasteiger partial charge is 0.322 e. The van der Waals surface area contributed by atoms with Crippen molar-refractivity contribution in [2.24, 2.45) is 7.05 Å². The highest BCUT2D eigenvalue weighted by Crippen LogP contribution is 2.25. The number of rotatable bonds is 4. The normalized spacial score (nSPS) is 10.5. The summed E-state index contributed by atoms with van der Waals surface area (Å²) in [6.45, 7) is 3.32. The van der Waals surface area contributed by atoms with Gasteiger partial charge in [0.05, 0.1) is 17.1 Å². The molecule has 1 N–H and O–H groups in total. The molecule has 0 fully saturated rings. The van der Waals surface area contributed by atoms with Gasteiger partial charge in [-0.1, -0.05) is 12.1 Å². The molecule has 0 aliphatic heterocycles. The number of amides is 1. The lowest BCUT2D eigenvalue weighted by atomic mass is 10.2. The Morgan fingerprint density at radius 1 is 1.11 bits per heavy atom. The largest absolute Gasteiger partial charge is 0.421 e. The minimum absolute atomic E-state index is 0.00230. The van der Waals surface area contributed by atoms with Gasteiger partial charge in [0.15, 0.2) is 11.6 Å². The van der Waals surface area contributed by atoms with Crippen LogP contribution in [-0.2, 0) is 7.05 Å². The van der Waals surface area contributed by atoms with Crippen LogP contribution in [0.25, 0.3) is 0 Å². The second kappa shape index (κ2) is 7.32. The molecule has 27 heavy (non-hydrogen) atoms. The van der Waals surface area contributed by atoms with Crippen LogP contribution in [0.2, 0.25) is 0 Å². The van der Waals surface area contributed by atoms with Gasteiger partial charge in [-0.15, -0.1) is 0 Å². The number of nitrogens with one attached hydrogen (secondary N) is 1. The van der Waals surface area contributed by atoms with Gasteiger partial charge in [-0.2, -0.15) is 15.1 Å². The Kier molecular flexibility index (Phi) is 4.93. The standard InChI is InChI=1S/C18H16FN5O3/c1-10-16(22-17(26)13-8-9-15(25)24(3)23-13)11(2)21-18(20-10)27-14-7-5-4-6-12(14)19/h4-9H,1-3H3,(H,22,26). The highest BCUT2D eigenvalue weighted by Gasteiger charge is 2.16. The van der Waals surface area contributed by atoms with Crippen LogP contribution in [0.1, 0.15) is 21.9 Å². The van der Waals surface area contributed by atoms with E-state index in [1.165, 1.54) is 31.3 Å². The first-order valence-electron chi connectivity index (χ1n) is 7.98. The minimum Gasteiger partial charge on any atom is -0.421 e. The topological polar surface area (TPSA) is 99.0 Å². The lowest BCUT2D eigenvalue weighted by Gasteiger charge is -2.12. The van der Waals surface area contributed by atoms with Crippen LogP contribution in [-0.4, -0.2) is 25.7 Å². The van der Waals surface area contributed by atoms with Crippen LogP contribution >= 0.6 is 0 Å². The van der Waals surface area contributed by atoms with E-state index in [0.29, 0.717) is 17.1 Å². The van der Waals surface area contributed by atoms with Gasteiger partial charge in [-0.05, 0) is 32.0 Å². The highest BCUT2D eigenvalue weighted by atomic mass is 19.1. The Morgan fingerprint density at radius 2 is 1.78 bits per heavy atom. The Morgan fingerprint density at radius 3 is 2.41 bits per heavy atom. The number of carbonyl (C=O) groups excluding carboxylic acids is 1. The maximum Gasteiger partial charge on any atom is 0.322 e. The summed E-state index contributed by atoms with van der Waals surface area (Å²) in [7, 11) is 1.45. The van der Waals surface area contributed by atoms with Gasteiger partial charge >= 0.3 is 6.01 Å². The number of aryl methyl sites for hydroxylation is 3. The monoisotopic (exact) mass is 369 g/mol. The number of anilines is 1. The van der Waals surface area contributed by atoms with Crippen LogP contribution in [0, 0.1) is 19.7 Å². The van der Waals surface area contributed by atoms with E-state index in [4.69, 9.17) is 4.74 Å². The Balaban J connectivity index is 1.84. The second-order valence-electron chi connectivity index (χ2n) is 5.72. The fraction of sp³-hybridized carbons (Fsp3) is 0.167. The van der Waals surface area contributed by atoms with E-state index >= 15 is 0 Å². The number of benzene rings is 1. The first-order valence-corrected chi connectivity index (χ1v) is 7.98. The number of hydrogen-bond donors (Lipinski definition) is 1. The SMILES string of the molecule is Cc1nc(Oc2ccccc2F)nc(C)c1NC(=O)c1ccc(=O)n(C)n1. The summed E-state index contributed by atoms with van der Waals surface area (Å²) in [5, 5.41) is 6.57. The van der Waals surface area contributed by atoms with Crippen molar-refractivity contribution in [3.63, 3.8) is 0 Å². The van der Waals surface area contributed by atoms with Gasteiger partial charge in [-0.25, -0.2) is 9.07 Å². The molecular formula is C18H16FN5O3. The molecule has 0 aliphatic carbocycles. The van der Waals surface area contributed by atoms with E-state index in [-0.39, 0.29) is 23.0 Å². The number of nitrogens with zero attached hydrogens (tertiary/aromatic N) is 4. The third kappa shape index (κ3) is 3.97. The second-order valence-corrected chi connectivity index (χ2v) is 5.72. The van der Waals surface area contributed by atoms with E-state index in [9.17, 15) is 14.0 Å². The molecule has 138 valence electrons. The van der Waals surface area contributed by atoms with Crippen molar-refractivity contribution in [2.75, 3.05) is 5.32 Å². The van der Waals surface area contributed by atoms with E-state index in [1.807, 2.05) is 0 Å². The van der Waals surface area contributed by atoms with Crippen molar-refractivity contribution in [1.82, 2.24) is 19.7 Å². The summed E-state index contributed by atoms with van der Waals surface area (Å²) in [5.74, 6) is -1.04. The summed E-state index contributed by atoms with van der Waals surface area (Å²) < 4.78 is 20.2. The molecule has 3 aromatic rings. The van der Waals surface area contributed by atoms with E-state index < -0.39 is 11.7 Å². The average molecular weight is 369 g/mol. The Labute approximate surface area is 153 Å². The molecule has 0 atom stereocenters. The molecule has 2 heterocycles. The predicted molar refractivity (Wildman–Crippen MR) is 95.4 cm³/mol. The molecular weight excluding hydrogens is 353 g/mol. The van der Waals surface area contributed by atoms with Crippen LogP contribution in [0.5, 0.6) is 11.8 Å². The summed E-state index contributed by atoms with van der Waals surface area (Å²) >= 11 is 0. The molecule has 2 aromatic heterocycles. The van der Waals surface area contributed by atoms with Gasteiger partial charge in [0.1, 0.15) is 5.69 Å².